The maximum Gasteiger partial charge on any atom is 0.236 e. The van der Waals surface area contributed by atoms with Gasteiger partial charge in [-0.2, -0.15) is 4.99 Å². The zero-order valence-corrected chi connectivity index (χ0v) is 13.9. The van der Waals surface area contributed by atoms with Crippen molar-refractivity contribution in [3.05, 3.63) is 29.6 Å². The summed E-state index contributed by atoms with van der Waals surface area (Å²) in [5, 5.41) is 0. The molecule has 0 amide bonds. The zero-order chi connectivity index (χ0) is 16.2. The number of ether oxygens (including phenoxy) is 1. The van der Waals surface area contributed by atoms with Gasteiger partial charge in [-0.1, -0.05) is 6.07 Å². The van der Waals surface area contributed by atoms with E-state index in [-0.39, 0.29) is 17.9 Å². The fourth-order valence-corrected chi connectivity index (χ4v) is 2.84. The molecule has 0 spiro atoms. The van der Waals surface area contributed by atoms with Crippen molar-refractivity contribution >= 4 is 6.08 Å². The summed E-state index contributed by atoms with van der Waals surface area (Å²) in [7, 11) is 0. The standard InChI is InChI=1S/C17H25N3O2/c1-13-6-5-7-14(19-13)11-20-9-8-15(22-17(2,3)4)10-16(20)18-12-21/h5-7,15-16H,8-11H2,1-4H3. The van der Waals surface area contributed by atoms with Gasteiger partial charge in [0.1, 0.15) is 6.17 Å². The van der Waals surface area contributed by atoms with E-state index < -0.39 is 0 Å². The number of pyridine rings is 1. The molecule has 1 saturated heterocycles. The van der Waals surface area contributed by atoms with Crippen LogP contribution in [0.2, 0.25) is 0 Å². The maximum absolute atomic E-state index is 10.7. The van der Waals surface area contributed by atoms with Gasteiger partial charge in [-0.15, -0.1) is 0 Å². The van der Waals surface area contributed by atoms with Crippen LogP contribution in [-0.2, 0) is 16.1 Å². The van der Waals surface area contributed by atoms with E-state index in [1.807, 2.05) is 45.9 Å². The van der Waals surface area contributed by atoms with Gasteiger partial charge in [0.25, 0.3) is 0 Å². The number of hydrogen-bond acceptors (Lipinski definition) is 5. The van der Waals surface area contributed by atoms with E-state index in [9.17, 15) is 4.79 Å². The normalized spacial score (nSPS) is 23.1. The molecule has 2 atom stereocenters. The number of likely N-dealkylation sites (tertiary alicyclic amines) is 1. The van der Waals surface area contributed by atoms with E-state index in [2.05, 4.69) is 14.9 Å². The predicted molar refractivity (Wildman–Crippen MR) is 85.2 cm³/mol. The van der Waals surface area contributed by atoms with E-state index in [4.69, 9.17) is 4.74 Å². The van der Waals surface area contributed by atoms with Crippen LogP contribution < -0.4 is 0 Å². The molecular formula is C17H25N3O2. The van der Waals surface area contributed by atoms with Crippen LogP contribution in [0.1, 0.15) is 45.0 Å². The lowest BCUT2D eigenvalue weighted by molar-refractivity contribution is -0.0934. The van der Waals surface area contributed by atoms with Crippen LogP contribution >= 0.6 is 0 Å². The summed E-state index contributed by atoms with van der Waals surface area (Å²) in [5.41, 5.74) is 1.82. The second-order valence-corrected chi connectivity index (χ2v) is 6.82. The highest BCUT2D eigenvalue weighted by Gasteiger charge is 2.31. The summed E-state index contributed by atoms with van der Waals surface area (Å²) < 4.78 is 6.04. The first-order valence-electron chi connectivity index (χ1n) is 7.79. The molecule has 2 unspecified atom stereocenters. The number of piperidine rings is 1. The van der Waals surface area contributed by atoms with E-state index in [0.717, 1.165) is 30.8 Å². The highest BCUT2D eigenvalue weighted by atomic mass is 16.5. The molecule has 0 N–H and O–H groups in total. The molecule has 1 aromatic heterocycles. The zero-order valence-electron chi connectivity index (χ0n) is 13.9. The molecule has 1 aromatic rings. The third kappa shape index (κ3) is 5.02. The van der Waals surface area contributed by atoms with Gasteiger partial charge in [0.15, 0.2) is 0 Å². The first-order valence-corrected chi connectivity index (χ1v) is 7.79. The SMILES string of the molecule is Cc1cccc(CN2CCC(OC(C)(C)C)CC2N=C=O)n1. The summed E-state index contributed by atoms with van der Waals surface area (Å²) in [5.74, 6) is 0. The van der Waals surface area contributed by atoms with Crippen LogP contribution in [0.15, 0.2) is 23.2 Å². The lowest BCUT2D eigenvalue weighted by Gasteiger charge is -2.38. The molecule has 0 saturated carbocycles. The van der Waals surface area contributed by atoms with Gasteiger partial charge < -0.3 is 4.74 Å². The average molecular weight is 303 g/mol. The van der Waals surface area contributed by atoms with E-state index >= 15 is 0 Å². The van der Waals surface area contributed by atoms with Gasteiger partial charge in [-0.05, 0) is 46.2 Å². The summed E-state index contributed by atoms with van der Waals surface area (Å²) in [6, 6.07) is 5.99. The van der Waals surface area contributed by atoms with Crippen LogP contribution in [0.25, 0.3) is 0 Å². The van der Waals surface area contributed by atoms with Crippen molar-refractivity contribution in [3.8, 4) is 0 Å². The number of nitrogens with zero attached hydrogens (tertiary/aromatic N) is 3. The average Bonchev–Trinajstić information content (AvgIpc) is 2.40. The third-order valence-electron chi connectivity index (χ3n) is 3.67. The van der Waals surface area contributed by atoms with Crippen LogP contribution in [-0.4, -0.2) is 40.4 Å². The van der Waals surface area contributed by atoms with Gasteiger partial charge in [0.2, 0.25) is 6.08 Å². The highest BCUT2D eigenvalue weighted by Crippen LogP contribution is 2.25. The fraction of sp³-hybridized carbons (Fsp3) is 0.647. The van der Waals surface area contributed by atoms with Crippen LogP contribution in [0, 0.1) is 6.92 Å². The molecule has 22 heavy (non-hydrogen) atoms. The highest BCUT2D eigenvalue weighted by molar-refractivity contribution is 5.33. The van der Waals surface area contributed by atoms with Crippen molar-refractivity contribution in [2.75, 3.05) is 6.54 Å². The van der Waals surface area contributed by atoms with Gasteiger partial charge in [-0.3, -0.25) is 9.88 Å². The maximum atomic E-state index is 10.7. The quantitative estimate of drug-likeness (QED) is 0.634. The number of rotatable bonds is 4. The molecule has 2 heterocycles. The van der Waals surface area contributed by atoms with Crippen molar-refractivity contribution in [3.63, 3.8) is 0 Å². The molecule has 0 bridgehead atoms. The molecule has 0 aliphatic carbocycles. The largest absolute Gasteiger partial charge is 0.372 e. The van der Waals surface area contributed by atoms with Crippen LogP contribution in [0.4, 0.5) is 0 Å². The first kappa shape index (κ1) is 16.8. The van der Waals surface area contributed by atoms with E-state index in [1.54, 1.807) is 6.08 Å². The second-order valence-electron chi connectivity index (χ2n) is 6.82. The van der Waals surface area contributed by atoms with Crippen LogP contribution in [0.5, 0.6) is 0 Å². The predicted octanol–water partition coefficient (Wildman–Crippen LogP) is 2.83. The Kier molecular flexibility index (Phi) is 5.46. The minimum absolute atomic E-state index is 0.129. The number of aliphatic imine (C=N–C) groups is 1. The Morgan fingerprint density at radius 2 is 2.23 bits per heavy atom. The van der Waals surface area contributed by atoms with Crippen LogP contribution in [0.3, 0.4) is 0 Å². The lowest BCUT2D eigenvalue weighted by Crippen LogP contribution is -2.45. The topological polar surface area (TPSA) is 54.8 Å². The molecule has 120 valence electrons. The minimum atomic E-state index is -0.180. The van der Waals surface area contributed by atoms with Gasteiger partial charge in [0, 0.05) is 25.2 Å². The molecule has 5 nitrogen and oxygen atoms in total. The number of hydrogen-bond donors (Lipinski definition) is 0. The molecule has 0 aromatic carbocycles. The number of aromatic nitrogens is 1. The fourth-order valence-electron chi connectivity index (χ4n) is 2.84. The van der Waals surface area contributed by atoms with Gasteiger partial charge >= 0.3 is 0 Å². The molecule has 2 rings (SSSR count). The Hall–Kier alpha value is -1.55. The van der Waals surface area contributed by atoms with Crippen molar-refractivity contribution in [2.24, 2.45) is 4.99 Å². The van der Waals surface area contributed by atoms with E-state index in [1.165, 1.54) is 0 Å². The lowest BCUT2D eigenvalue weighted by atomic mass is 10.0. The molecular weight excluding hydrogens is 278 g/mol. The van der Waals surface area contributed by atoms with Crippen molar-refractivity contribution in [2.45, 2.75) is 65.0 Å². The van der Waals surface area contributed by atoms with Gasteiger partial charge in [0.05, 0.1) is 17.4 Å². The Morgan fingerprint density at radius 1 is 1.45 bits per heavy atom. The Bertz CT molecular complexity index is 547. The Balaban J connectivity index is 2.04. The first-order chi connectivity index (χ1) is 10.4. The summed E-state index contributed by atoms with van der Waals surface area (Å²) in [6.45, 7) is 9.66. The van der Waals surface area contributed by atoms with Crippen molar-refractivity contribution in [1.29, 1.82) is 0 Å². The second kappa shape index (κ2) is 7.14. The van der Waals surface area contributed by atoms with E-state index in [0.29, 0.717) is 6.54 Å². The van der Waals surface area contributed by atoms with Gasteiger partial charge in [-0.25, -0.2) is 4.79 Å². The number of carbonyl (C=O) groups excluding carboxylic acids is 1. The molecule has 1 aliphatic rings. The summed E-state index contributed by atoms with van der Waals surface area (Å²) >= 11 is 0. The van der Waals surface area contributed by atoms with Crippen molar-refractivity contribution < 1.29 is 9.53 Å². The molecule has 1 aliphatic heterocycles. The number of isocyanates is 1. The third-order valence-corrected chi connectivity index (χ3v) is 3.67. The summed E-state index contributed by atoms with van der Waals surface area (Å²) in [4.78, 5) is 21.4. The Morgan fingerprint density at radius 3 is 2.86 bits per heavy atom. The summed E-state index contributed by atoms with van der Waals surface area (Å²) in [6.07, 6.45) is 3.31. The minimum Gasteiger partial charge on any atom is -0.372 e. The number of aryl methyl sites for hydroxylation is 1. The Labute approximate surface area is 132 Å². The van der Waals surface area contributed by atoms with Crippen molar-refractivity contribution in [1.82, 2.24) is 9.88 Å². The monoisotopic (exact) mass is 303 g/mol. The smallest absolute Gasteiger partial charge is 0.236 e. The molecule has 1 fully saturated rings. The molecule has 0 radical (unpaired) electrons. The molecule has 5 heteroatoms.